The highest BCUT2D eigenvalue weighted by Crippen LogP contribution is 2.24. The Kier molecular flexibility index (Phi) is 5.21. The van der Waals surface area contributed by atoms with Gasteiger partial charge in [-0.15, -0.1) is 11.8 Å². The van der Waals surface area contributed by atoms with Crippen LogP contribution in [0.1, 0.15) is 33.0 Å². The largest absolute Gasteiger partial charge is 0.385 e. The normalized spacial score (nSPS) is 11.8. The van der Waals surface area contributed by atoms with Crippen LogP contribution in [-0.2, 0) is 10.2 Å². The first-order chi connectivity index (χ1) is 7.93. The van der Waals surface area contributed by atoms with Crippen LogP contribution in [0.15, 0.2) is 11.1 Å². The minimum atomic E-state index is -0.0722. The highest BCUT2D eigenvalue weighted by molar-refractivity contribution is 7.99. The molecular formula is C12H21N3OS. The van der Waals surface area contributed by atoms with E-state index in [4.69, 9.17) is 10.5 Å². The van der Waals surface area contributed by atoms with Gasteiger partial charge in [0.1, 0.15) is 16.7 Å². The van der Waals surface area contributed by atoms with Gasteiger partial charge >= 0.3 is 0 Å². The number of hydrogen-bond acceptors (Lipinski definition) is 5. The molecule has 0 aliphatic heterocycles. The van der Waals surface area contributed by atoms with Gasteiger partial charge in [0.15, 0.2) is 0 Å². The van der Waals surface area contributed by atoms with E-state index >= 15 is 0 Å². The molecule has 17 heavy (non-hydrogen) atoms. The number of thioether (sulfide) groups is 1. The Bertz CT molecular complexity index is 363. The summed E-state index contributed by atoms with van der Waals surface area (Å²) in [6, 6.07) is 1.83. The fraction of sp³-hybridized carbons (Fsp3) is 0.667. The summed E-state index contributed by atoms with van der Waals surface area (Å²) < 4.78 is 5.01. The molecule has 0 bridgehead atoms. The molecule has 0 aliphatic carbocycles. The summed E-state index contributed by atoms with van der Waals surface area (Å²) in [6.45, 7) is 7.03. The molecule has 0 spiro atoms. The average Bonchev–Trinajstić information content (AvgIpc) is 2.22. The lowest BCUT2D eigenvalue weighted by atomic mass is 9.96. The van der Waals surface area contributed by atoms with E-state index < -0.39 is 0 Å². The van der Waals surface area contributed by atoms with Crippen LogP contribution in [0.2, 0.25) is 0 Å². The van der Waals surface area contributed by atoms with Crippen molar-refractivity contribution in [3.05, 3.63) is 11.9 Å². The molecule has 0 aliphatic rings. The van der Waals surface area contributed by atoms with Gasteiger partial charge in [0, 0.05) is 31.0 Å². The van der Waals surface area contributed by atoms with E-state index in [1.807, 2.05) is 6.07 Å². The van der Waals surface area contributed by atoms with Gasteiger partial charge in [0.05, 0.1) is 0 Å². The highest BCUT2D eigenvalue weighted by Gasteiger charge is 2.18. The molecule has 0 saturated carbocycles. The monoisotopic (exact) mass is 255 g/mol. The molecule has 4 nitrogen and oxygen atoms in total. The van der Waals surface area contributed by atoms with Crippen molar-refractivity contribution in [1.82, 2.24) is 9.97 Å². The minimum absolute atomic E-state index is 0.0722. The summed E-state index contributed by atoms with van der Waals surface area (Å²) in [7, 11) is 1.71. The standard InChI is InChI=1S/C12H21N3OS/c1-12(2,3)11-14-9(13)8-10(15-11)17-7-5-6-16-4/h8H,5-7H2,1-4H3,(H2,13,14,15). The van der Waals surface area contributed by atoms with E-state index in [1.54, 1.807) is 18.9 Å². The van der Waals surface area contributed by atoms with Crippen LogP contribution in [0.25, 0.3) is 0 Å². The van der Waals surface area contributed by atoms with Crippen LogP contribution in [0.4, 0.5) is 5.82 Å². The van der Waals surface area contributed by atoms with E-state index in [1.165, 1.54) is 0 Å². The Hall–Kier alpha value is -0.810. The second-order valence-corrected chi connectivity index (χ2v) is 6.01. The summed E-state index contributed by atoms with van der Waals surface area (Å²) in [5, 5.41) is 0.943. The van der Waals surface area contributed by atoms with Crippen molar-refractivity contribution in [2.45, 2.75) is 37.6 Å². The maximum atomic E-state index is 5.80. The lowest BCUT2D eigenvalue weighted by Crippen LogP contribution is -2.17. The number of aromatic nitrogens is 2. The smallest absolute Gasteiger partial charge is 0.137 e. The molecule has 0 atom stereocenters. The van der Waals surface area contributed by atoms with Crippen LogP contribution in [-0.4, -0.2) is 29.4 Å². The quantitative estimate of drug-likeness (QED) is 0.497. The second kappa shape index (κ2) is 6.21. The number of nitrogens with two attached hydrogens (primary N) is 1. The Balaban J connectivity index is 2.69. The molecule has 0 saturated heterocycles. The molecule has 1 heterocycles. The predicted molar refractivity (Wildman–Crippen MR) is 72.4 cm³/mol. The van der Waals surface area contributed by atoms with Crippen LogP contribution in [0, 0.1) is 0 Å². The second-order valence-electron chi connectivity index (χ2n) is 4.90. The fourth-order valence-electron chi connectivity index (χ4n) is 1.23. The summed E-state index contributed by atoms with van der Waals surface area (Å²) >= 11 is 1.69. The minimum Gasteiger partial charge on any atom is -0.385 e. The van der Waals surface area contributed by atoms with Crippen molar-refractivity contribution in [2.75, 3.05) is 25.2 Å². The number of nitrogens with zero attached hydrogens (tertiary/aromatic N) is 2. The lowest BCUT2D eigenvalue weighted by Gasteiger charge is -2.17. The number of rotatable bonds is 5. The molecule has 1 aromatic heterocycles. The van der Waals surface area contributed by atoms with E-state index in [-0.39, 0.29) is 5.41 Å². The Morgan fingerprint density at radius 1 is 1.35 bits per heavy atom. The van der Waals surface area contributed by atoms with Crippen molar-refractivity contribution in [1.29, 1.82) is 0 Å². The molecular weight excluding hydrogens is 234 g/mol. The molecule has 1 rings (SSSR count). The van der Waals surface area contributed by atoms with Crippen LogP contribution in [0.3, 0.4) is 0 Å². The molecule has 0 aromatic carbocycles. The van der Waals surface area contributed by atoms with Gasteiger partial charge in [-0.25, -0.2) is 9.97 Å². The number of ether oxygens (including phenoxy) is 1. The zero-order valence-electron chi connectivity index (χ0n) is 11.0. The van der Waals surface area contributed by atoms with Crippen LogP contribution < -0.4 is 5.73 Å². The van der Waals surface area contributed by atoms with Gasteiger partial charge in [0.2, 0.25) is 0 Å². The Morgan fingerprint density at radius 2 is 2.06 bits per heavy atom. The molecule has 0 amide bonds. The molecule has 96 valence electrons. The maximum Gasteiger partial charge on any atom is 0.137 e. The summed E-state index contributed by atoms with van der Waals surface area (Å²) in [4.78, 5) is 8.81. The molecule has 0 unspecified atom stereocenters. The summed E-state index contributed by atoms with van der Waals surface area (Å²) in [5.74, 6) is 2.32. The van der Waals surface area contributed by atoms with Gasteiger partial charge in [-0.3, -0.25) is 0 Å². The third-order valence-electron chi connectivity index (χ3n) is 2.14. The van der Waals surface area contributed by atoms with Gasteiger partial charge in [-0.2, -0.15) is 0 Å². The van der Waals surface area contributed by atoms with Crippen molar-refractivity contribution >= 4 is 17.6 Å². The zero-order valence-corrected chi connectivity index (χ0v) is 11.8. The molecule has 1 aromatic rings. The number of hydrogen-bond donors (Lipinski definition) is 1. The topological polar surface area (TPSA) is 61.0 Å². The van der Waals surface area contributed by atoms with Crippen molar-refractivity contribution < 1.29 is 4.74 Å². The lowest BCUT2D eigenvalue weighted by molar-refractivity contribution is 0.200. The number of anilines is 1. The van der Waals surface area contributed by atoms with Gasteiger partial charge in [-0.1, -0.05) is 20.8 Å². The van der Waals surface area contributed by atoms with E-state index in [0.717, 1.165) is 29.6 Å². The predicted octanol–water partition coefficient (Wildman–Crippen LogP) is 2.48. The molecule has 0 radical (unpaired) electrons. The first-order valence-corrected chi connectivity index (χ1v) is 6.69. The number of nitrogen functional groups attached to an aromatic ring is 1. The first kappa shape index (κ1) is 14.3. The number of methoxy groups -OCH3 is 1. The molecule has 5 heteroatoms. The van der Waals surface area contributed by atoms with E-state index in [9.17, 15) is 0 Å². The molecule has 0 fully saturated rings. The van der Waals surface area contributed by atoms with E-state index in [2.05, 4.69) is 30.7 Å². The van der Waals surface area contributed by atoms with Crippen molar-refractivity contribution in [2.24, 2.45) is 0 Å². The van der Waals surface area contributed by atoms with Gasteiger partial charge in [-0.05, 0) is 6.42 Å². The third kappa shape index (κ3) is 4.91. The SMILES string of the molecule is COCCCSc1cc(N)nc(C(C)(C)C)n1. The zero-order chi connectivity index (χ0) is 12.9. The Morgan fingerprint density at radius 3 is 2.65 bits per heavy atom. The van der Waals surface area contributed by atoms with Crippen LogP contribution in [0.5, 0.6) is 0 Å². The fourth-order valence-corrected chi connectivity index (χ4v) is 2.06. The maximum absolute atomic E-state index is 5.80. The summed E-state index contributed by atoms with van der Waals surface area (Å²) in [6.07, 6.45) is 1.01. The third-order valence-corrected chi connectivity index (χ3v) is 3.13. The van der Waals surface area contributed by atoms with E-state index in [0.29, 0.717) is 5.82 Å². The summed E-state index contributed by atoms with van der Waals surface area (Å²) in [5.41, 5.74) is 5.73. The van der Waals surface area contributed by atoms with Crippen molar-refractivity contribution in [3.8, 4) is 0 Å². The first-order valence-electron chi connectivity index (χ1n) is 5.70. The Labute approximate surface area is 107 Å². The van der Waals surface area contributed by atoms with Gasteiger partial charge in [0.25, 0.3) is 0 Å². The highest BCUT2D eigenvalue weighted by atomic mass is 32.2. The van der Waals surface area contributed by atoms with Crippen LogP contribution >= 0.6 is 11.8 Å². The van der Waals surface area contributed by atoms with Gasteiger partial charge < -0.3 is 10.5 Å². The molecule has 2 N–H and O–H groups in total. The van der Waals surface area contributed by atoms with Crippen molar-refractivity contribution in [3.63, 3.8) is 0 Å². The average molecular weight is 255 g/mol.